The standard InChI is InChI=1S/C20H19ClN6O/c21-15-4-3-5-16(14-15)23-18-8-7-17(24-25-18)20(28)27-12-10-26(11-13-27)19-6-1-2-9-22-19/h1-9,14H,10-13H2,(H,23,25). The molecule has 142 valence electrons. The highest BCUT2D eigenvalue weighted by Gasteiger charge is 2.23. The van der Waals surface area contributed by atoms with Crippen LogP contribution in [0.3, 0.4) is 0 Å². The summed E-state index contributed by atoms with van der Waals surface area (Å²) in [6.45, 7) is 2.73. The van der Waals surface area contributed by atoms with Gasteiger partial charge in [-0.3, -0.25) is 4.79 Å². The van der Waals surface area contributed by atoms with Crippen LogP contribution in [0.5, 0.6) is 0 Å². The molecule has 3 aromatic rings. The maximum atomic E-state index is 12.7. The molecule has 0 saturated carbocycles. The summed E-state index contributed by atoms with van der Waals surface area (Å²) in [5, 5.41) is 11.9. The van der Waals surface area contributed by atoms with Gasteiger partial charge in [0.2, 0.25) is 0 Å². The number of hydrogen-bond donors (Lipinski definition) is 1. The summed E-state index contributed by atoms with van der Waals surface area (Å²) < 4.78 is 0. The van der Waals surface area contributed by atoms with Crippen LogP contribution in [0.25, 0.3) is 0 Å². The van der Waals surface area contributed by atoms with Gasteiger partial charge in [0.1, 0.15) is 5.82 Å². The first-order valence-corrected chi connectivity index (χ1v) is 9.38. The van der Waals surface area contributed by atoms with Crippen LogP contribution in [0, 0.1) is 0 Å². The first-order valence-electron chi connectivity index (χ1n) is 9.00. The Bertz CT molecular complexity index is 942. The summed E-state index contributed by atoms with van der Waals surface area (Å²) in [6, 6.07) is 16.6. The van der Waals surface area contributed by atoms with Gasteiger partial charge in [-0.2, -0.15) is 0 Å². The Morgan fingerprint density at radius 2 is 1.82 bits per heavy atom. The molecule has 1 aromatic carbocycles. The van der Waals surface area contributed by atoms with Crippen molar-refractivity contribution in [3.63, 3.8) is 0 Å². The second-order valence-corrected chi connectivity index (χ2v) is 6.84. The van der Waals surface area contributed by atoms with Crippen LogP contribution in [-0.4, -0.2) is 52.2 Å². The topological polar surface area (TPSA) is 74.2 Å². The van der Waals surface area contributed by atoms with Crippen LogP contribution in [-0.2, 0) is 0 Å². The minimum Gasteiger partial charge on any atom is -0.353 e. The van der Waals surface area contributed by atoms with Gasteiger partial charge in [0.05, 0.1) is 0 Å². The van der Waals surface area contributed by atoms with Crippen LogP contribution in [0.1, 0.15) is 10.5 Å². The van der Waals surface area contributed by atoms with E-state index in [0.717, 1.165) is 24.6 Å². The fraction of sp³-hybridized carbons (Fsp3) is 0.200. The number of anilines is 3. The van der Waals surface area contributed by atoms with E-state index < -0.39 is 0 Å². The smallest absolute Gasteiger partial charge is 0.274 e. The highest BCUT2D eigenvalue weighted by atomic mass is 35.5. The molecule has 2 aromatic heterocycles. The first kappa shape index (κ1) is 18.2. The van der Waals surface area contributed by atoms with Gasteiger partial charge in [0, 0.05) is 43.1 Å². The fourth-order valence-electron chi connectivity index (χ4n) is 3.07. The van der Waals surface area contributed by atoms with Gasteiger partial charge >= 0.3 is 0 Å². The summed E-state index contributed by atoms with van der Waals surface area (Å²) in [6.07, 6.45) is 1.78. The van der Waals surface area contributed by atoms with Crippen molar-refractivity contribution in [2.24, 2.45) is 0 Å². The van der Waals surface area contributed by atoms with Crippen molar-refractivity contribution in [1.82, 2.24) is 20.1 Å². The summed E-state index contributed by atoms with van der Waals surface area (Å²) >= 11 is 5.98. The number of rotatable bonds is 4. The van der Waals surface area contributed by atoms with E-state index >= 15 is 0 Å². The van der Waals surface area contributed by atoms with Gasteiger partial charge in [0.15, 0.2) is 11.5 Å². The molecule has 1 N–H and O–H groups in total. The minimum atomic E-state index is -0.109. The third kappa shape index (κ3) is 4.20. The number of piperazine rings is 1. The SMILES string of the molecule is O=C(c1ccc(Nc2cccc(Cl)c2)nn1)N1CCN(c2ccccn2)CC1. The number of benzene rings is 1. The molecule has 1 fully saturated rings. The van der Waals surface area contributed by atoms with Gasteiger partial charge in [-0.1, -0.05) is 23.7 Å². The normalized spacial score (nSPS) is 14.0. The van der Waals surface area contributed by atoms with E-state index in [1.807, 2.05) is 30.3 Å². The Hall–Kier alpha value is -3.19. The lowest BCUT2D eigenvalue weighted by Crippen LogP contribution is -2.49. The van der Waals surface area contributed by atoms with Crippen molar-refractivity contribution < 1.29 is 4.79 Å². The summed E-state index contributed by atoms with van der Waals surface area (Å²) in [4.78, 5) is 21.0. The van der Waals surface area contributed by atoms with Gasteiger partial charge < -0.3 is 15.1 Å². The molecule has 1 aliphatic rings. The van der Waals surface area contributed by atoms with Crippen LogP contribution >= 0.6 is 11.6 Å². The zero-order valence-electron chi connectivity index (χ0n) is 15.1. The largest absolute Gasteiger partial charge is 0.353 e. The molecule has 28 heavy (non-hydrogen) atoms. The Balaban J connectivity index is 1.36. The van der Waals surface area contributed by atoms with Gasteiger partial charge in [-0.05, 0) is 42.5 Å². The lowest BCUT2D eigenvalue weighted by molar-refractivity contribution is 0.0739. The molecular formula is C20H19ClN6O. The predicted molar refractivity (Wildman–Crippen MR) is 109 cm³/mol. The zero-order valence-corrected chi connectivity index (χ0v) is 15.9. The van der Waals surface area contributed by atoms with E-state index in [1.54, 1.807) is 35.4 Å². The maximum Gasteiger partial charge on any atom is 0.274 e. The first-order chi connectivity index (χ1) is 13.7. The van der Waals surface area contributed by atoms with E-state index in [2.05, 4.69) is 25.4 Å². The molecule has 1 saturated heterocycles. The molecule has 4 rings (SSSR count). The number of hydrogen-bond acceptors (Lipinski definition) is 6. The molecular weight excluding hydrogens is 376 g/mol. The van der Waals surface area contributed by atoms with Gasteiger partial charge in [-0.25, -0.2) is 4.98 Å². The second kappa shape index (κ2) is 8.22. The molecule has 0 unspecified atom stereocenters. The summed E-state index contributed by atoms with van der Waals surface area (Å²) in [5.74, 6) is 1.38. The quantitative estimate of drug-likeness (QED) is 0.732. The number of carbonyl (C=O) groups excluding carboxylic acids is 1. The van der Waals surface area contributed by atoms with Crippen molar-refractivity contribution in [2.45, 2.75) is 0 Å². The number of aromatic nitrogens is 3. The van der Waals surface area contributed by atoms with Crippen molar-refractivity contribution >= 4 is 34.8 Å². The van der Waals surface area contributed by atoms with E-state index in [1.165, 1.54) is 0 Å². The van der Waals surface area contributed by atoms with Crippen LogP contribution in [0.15, 0.2) is 60.8 Å². The van der Waals surface area contributed by atoms with Crippen molar-refractivity contribution in [3.05, 3.63) is 71.5 Å². The molecule has 0 spiro atoms. The van der Waals surface area contributed by atoms with E-state index in [-0.39, 0.29) is 5.91 Å². The predicted octanol–water partition coefficient (Wildman–Crippen LogP) is 3.23. The second-order valence-electron chi connectivity index (χ2n) is 6.41. The van der Waals surface area contributed by atoms with Gasteiger partial charge in [-0.15, -0.1) is 10.2 Å². The average Bonchev–Trinajstić information content (AvgIpc) is 2.75. The van der Waals surface area contributed by atoms with E-state index in [0.29, 0.717) is 29.6 Å². The Kier molecular flexibility index (Phi) is 5.34. The molecule has 0 atom stereocenters. The number of halogens is 1. The lowest BCUT2D eigenvalue weighted by atomic mass is 10.2. The molecule has 0 aliphatic carbocycles. The Morgan fingerprint density at radius 3 is 2.50 bits per heavy atom. The van der Waals surface area contributed by atoms with E-state index in [9.17, 15) is 4.79 Å². The molecule has 0 bridgehead atoms. The molecule has 1 aliphatic heterocycles. The Labute approximate surface area is 168 Å². The summed E-state index contributed by atoms with van der Waals surface area (Å²) in [5.41, 5.74) is 1.15. The third-order valence-electron chi connectivity index (χ3n) is 4.52. The lowest BCUT2D eigenvalue weighted by Gasteiger charge is -2.35. The number of nitrogens with one attached hydrogen (secondary N) is 1. The molecule has 0 radical (unpaired) electrons. The third-order valence-corrected chi connectivity index (χ3v) is 4.76. The van der Waals surface area contributed by atoms with Gasteiger partial charge in [0.25, 0.3) is 5.91 Å². The van der Waals surface area contributed by atoms with Crippen LogP contribution in [0.4, 0.5) is 17.3 Å². The molecule has 3 heterocycles. The fourth-order valence-corrected chi connectivity index (χ4v) is 3.26. The molecule has 8 heteroatoms. The molecule has 1 amide bonds. The average molecular weight is 395 g/mol. The number of pyridine rings is 1. The maximum absolute atomic E-state index is 12.7. The monoisotopic (exact) mass is 394 g/mol. The van der Waals surface area contributed by atoms with Crippen molar-refractivity contribution in [2.75, 3.05) is 36.4 Å². The van der Waals surface area contributed by atoms with Crippen LogP contribution < -0.4 is 10.2 Å². The van der Waals surface area contributed by atoms with E-state index in [4.69, 9.17) is 11.6 Å². The Morgan fingerprint density at radius 1 is 0.964 bits per heavy atom. The van der Waals surface area contributed by atoms with Crippen molar-refractivity contribution in [1.29, 1.82) is 0 Å². The highest BCUT2D eigenvalue weighted by molar-refractivity contribution is 6.30. The van der Waals surface area contributed by atoms with Crippen molar-refractivity contribution in [3.8, 4) is 0 Å². The minimum absolute atomic E-state index is 0.109. The molecule has 7 nitrogen and oxygen atoms in total. The highest BCUT2D eigenvalue weighted by Crippen LogP contribution is 2.19. The van der Waals surface area contributed by atoms with Crippen LogP contribution in [0.2, 0.25) is 5.02 Å². The summed E-state index contributed by atoms with van der Waals surface area (Å²) in [7, 11) is 0. The zero-order chi connectivity index (χ0) is 19.3. The number of carbonyl (C=O) groups is 1. The number of amides is 1. The number of nitrogens with zero attached hydrogens (tertiary/aromatic N) is 5.